The number of rotatable bonds is 4. The summed E-state index contributed by atoms with van der Waals surface area (Å²) in [5, 5.41) is 22.3. The molecular weight excluding hydrogens is 486 g/mol. The van der Waals surface area contributed by atoms with Crippen LogP contribution in [0.4, 0.5) is 0 Å². The summed E-state index contributed by atoms with van der Waals surface area (Å²) in [7, 11) is 0. The van der Waals surface area contributed by atoms with Gasteiger partial charge in [0.1, 0.15) is 23.8 Å². The number of carbonyl (C=O) groups is 2. The standard InChI is InChI=1S/C30H45NO7/c1-18(2)10-13-23-27(34)19(3)9-8-14-30(7)25(38-30)15-22(12-11-21-17-36-20(4)31-21)37-26(33)16-24(32)29(5,6)28(23)35/h10-12,17,19,22-25,27,32,34H,8-9,13-16H2,1-7H3. The zero-order valence-electron chi connectivity index (χ0n) is 23.9. The van der Waals surface area contributed by atoms with Gasteiger partial charge in [0, 0.05) is 19.3 Å². The third-order valence-electron chi connectivity index (χ3n) is 8.16. The first kappa shape index (κ1) is 30.3. The number of cyclic esters (lactones) is 1. The molecule has 212 valence electrons. The molecule has 0 spiro atoms. The Bertz CT molecular complexity index is 1040. The fourth-order valence-electron chi connectivity index (χ4n) is 5.23. The third kappa shape index (κ3) is 7.64. The van der Waals surface area contributed by atoms with Crippen LogP contribution in [0, 0.1) is 24.2 Å². The van der Waals surface area contributed by atoms with Crippen molar-refractivity contribution in [2.24, 2.45) is 17.3 Å². The largest absolute Gasteiger partial charge is 0.458 e. The predicted octanol–water partition coefficient (Wildman–Crippen LogP) is 4.96. The molecule has 1 aromatic heterocycles. The van der Waals surface area contributed by atoms with Crippen LogP contribution in [0.15, 0.2) is 28.4 Å². The van der Waals surface area contributed by atoms with Gasteiger partial charge in [0.2, 0.25) is 0 Å². The lowest BCUT2D eigenvalue weighted by molar-refractivity contribution is -0.154. The molecule has 0 aromatic carbocycles. The number of aliphatic hydroxyl groups is 2. The van der Waals surface area contributed by atoms with Crippen molar-refractivity contribution in [3.63, 3.8) is 0 Å². The Morgan fingerprint density at radius 3 is 2.55 bits per heavy atom. The summed E-state index contributed by atoms with van der Waals surface area (Å²) in [6.07, 6.45) is 7.09. The van der Waals surface area contributed by atoms with Gasteiger partial charge in [-0.3, -0.25) is 9.59 Å². The molecule has 7 atom stereocenters. The van der Waals surface area contributed by atoms with Crippen LogP contribution in [0.5, 0.6) is 0 Å². The zero-order valence-corrected chi connectivity index (χ0v) is 23.9. The molecule has 0 amide bonds. The number of hydrogen-bond acceptors (Lipinski definition) is 8. The molecule has 2 N–H and O–H groups in total. The van der Waals surface area contributed by atoms with E-state index in [4.69, 9.17) is 13.9 Å². The molecule has 0 bridgehead atoms. The number of aliphatic hydroxyl groups excluding tert-OH is 2. The van der Waals surface area contributed by atoms with Gasteiger partial charge in [0.25, 0.3) is 0 Å². The van der Waals surface area contributed by atoms with Crippen molar-refractivity contribution in [2.75, 3.05) is 0 Å². The molecule has 2 fully saturated rings. The quantitative estimate of drug-likeness (QED) is 0.318. The molecule has 2 saturated heterocycles. The van der Waals surface area contributed by atoms with Crippen LogP contribution in [0.25, 0.3) is 6.08 Å². The van der Waals surface area contributed by atoms with E-state index < -0.39 is 35.6 Å². The second-order valence-corrected chi connectivity index (χ2v) is 12.1. The fraction of sp³-hybridized carbons (Fsp3) is 0.700. The van der Waals surface area contributed by atoms with Gasteiger partial charge in [0.05, 0.1) is 35.7 Å². The number of esters is 1. The summed E-state index contributed by atoms with van der Waals surface area (Å²) in [4.78, 5) is 31.0. The van der Waals surface area contributed by atoms with E-state index in [1.807, 2.05) is 26.8 Å². The van der Waals surface area contributed by atoms with Gasteiger partial charge in [-0.15, -0.1) is 0 Å². The van der Waals surface area contributed by atoms with Crippen molar-refractivity contribution in [2.45, 2.75) is 117 Å². The lowest BCUT2D eigenvalue weighted by atomic mass is 9.71. The number of epoxide rings is 1. The highest BCUT2D eigenvalue weighted by atomic mass is 16.6. The smallest absolute Gasteiger partial charge is 0.309 e. The van der Waals surface area contributed by atoms with Crippen molar-refractivity contribution < 1.29 is 33.7 Å². The first-order valence-corrected chi connectivity index (χ1v) is 13.7. The highest BCUT2D eigenvalue weighted by molar-refractivity contribution is 5.88. The monoisotopic (exact) mass is 531 g/mol. The minimum absolute atomic E-state index is 0.0783. The molecule has 0 radical (unpaired) electrons. The van der Waals surface area contributed by atoms with Crippen molar-refractivity contribution in [3.05, 3.63) is 35.6 Å². The van der Waals surface area contributed by atoms with Gasteiger partial charge in [0.15, 0.2) is 5.89 Å². The molecule has 7 unspecified atom stereocenters. The summed E-state index contributed by atoms with van der Waals surface area (Å²) < 4.78 is 17.1. The normalized spacial score (nSPS) is 35.0. The molecule has 2 aliphatic heterocycles. The fourth-order valence-corrected chi connectivity index (χ4v) is 5.23. The molecular formula is C30H45NO7. The van der Waals surface area contributed by atoms with Crippen LogP contribution >= 0.6 is 0 Å². The number of ether oxygens (including phenoxy) is 2. The second-order valence-electron chi connectivity index (χ2n) is 12.1. The average Bonchev–Trinajstić information content (AvgIpc) is 3.26. The highest BCUT2D eigenvalue weighted by Crippen LogP contribution is 2.44. The number of ketones is 1. The van der Waals surface area contributed by atoms with Crippen LogP contribution in [0.1, 0.15) is 91.7 Å². The Morgan fingerprint density at radius 1 is 1.21 bits per heavy atom. The van der Waals surface area contributed by atoms with Crippen LogP contribution in [-0.4, -0.2) is 57.0 Å². The Hall–Kier alpha value is -2.29. The summed E-state index contributed by atoms with van der Waals surface area (Å²) in [6.45, 7) is 13.0. The number of aryl methyl sites for hydroxylation is 1. The topological polar surface area (TPSA) is 122 Å². The number of allylic oxidation sites excluding steroid dienone is 2. The molecule has 3 heterocycles. The van der Waals surface area contributed by atoms with E-state index >= 15 is 0 Å². The van der Waals surface area contributed by atoms with E-state index in [9.17, 15) is 19.8 Å². The Balaban J connectivity index is 1.86. The Labute approximate surface area is 226 Å². The zero-order chi connectivity index (χ0) is 28.3. The maximum Gasteiger partial charge on any atom is 0.309 e. The summed E-state index contributed by atoms with van der Waals surface area (Å²) in [6, 6.07) is 0. The van der Waals surface area contributed by atoms with E-state index in [1.54, 1.807) is 32.9 Å². The van der Waals surface area contributed by atoms with Crippen molar-refractivity contribution in [1.29, 1.82) is 0 Å². The van der Waals surface area contributed by atoms with Crippen molar-refractivity contribution in [3.8, 4) is 0 Å². The lowest BCUT2D eigenvalue weighted by Gasteiger charge is -2.35. The maximum absolute atomic E-state index is 13.7. The van der Waals surface area contributed by atoms with Gasteiger partial charge in [-0.25, -0.2) is 4.98 Å². The van der Waals surface area contributed by atoms with Crippen LogP contribution in [0.3, 0.4) is 0 Å². The SMILES string of the molecule is CC(C)=CCC1C(=O)C(C)(C)C(O)CC(=O)OC(C=Cc2coc(C)n2)CC2OC2(C)CCCC(C)C1O. The molecule has 3 rings (SSSR count). The first-order valence-electron chi connectivity index (χ1n) is 13.7. The minimum Gasteiger partial charge on any atom is -0.458 e. The van der Waals surface area contributed by atoms with E-state index in [0.717, 1.165) is 24.8 Å². The number of hydrogen-bond donors (Lipinski definition) is 2. The molecule has 0 aliphatic carbocycles. The Morgan fingerprint density at radius 2 is 1.92 bits per heavy atom. The summed E-state index contributed by atoms with van der Waals surface area (Å²) in [5.41, 5.74) is 0.0886. The van der Waals surface area contributed by atoms with Gasteiger partial charge >= 0.3 is 5.97 Å². The number of oxazole rings is 1. The van der Waals surface area contributed by atoms with Gasteiger partial charge in [-0.05, 0) is 58.1 Å². The molecule has 2 aliphatic rings. The van der Waals surface area contributed by atoms with Gasteiger partial charge < -0.3 is 24.1 Å². The molecule has 1 aromatic rings. The maximum atomic E-state index is 13.7. The number of nitrogens with zero attached hydrogens (tertiary/aromatic N) is 1. The number of carbonyl (C=O) groups excluding carboxylic acids is 2. The van der Waals surface area contributed by atoms with E-state index in [1.165, 1.54) is 6.26 Å². The average molecular weight is 532 g/mol. The Kier molecular flexibility index (Phi) is 9.76. The highest BCUT2D eigenvalue weighted by Gasteiger charge is 2.52. The van der Waals surface area contributed by atoms with E-state index in [0.29, 0.717) is 24.4 Å². The number of fused-ring (bicyclic) bond motifs is 1. The summed E-state index contributed by atoms with van der Waals surface area (Å²) >= 11 is 0. The summed E-state index contributed by atoms with van der Waals surface area (Å²) in [5.74, 6) is -1.11. The van der Waals surface area contributed by atoms with E-state index in [-0.39, 0.29) is 29.8 Å². The van der Waals surface area contributed by atoms with Crippen LogP contribution in [0.2, 0.25) is 0 Å². The molecule has 8 heteroatoms. The third-order valence-corrected chi connectivity index (χ3v) is 8.16. The van der Waals surface area contributed by atoms with Crippen molar-refractivity contribution in [1.82, 2.24) is 4.98 Å². The first-order chi connectivity index (χ1) is 17.7. The predicted molar refractivity (Wildman–Crippen MR) is 144 cm³/mol. The number of Topliss-reactive ketones (excluding diaryl/α,β-unsaturated/α-hetero) is 1. The minimum atomic E-state index is -1.27. The molecule has 38 heavy (non-hydrogen) atoms. The molecule has 0 saturated carbocycles. The van der Waals surface area contributed by atoms with Crippen molar-refractivity contribution >= 4 is 17.8 Å². The van der Waals surface area contributed by atoms with E-state index in [2.05, 4.69) is 11.9 Å². The van der Waals surface area contributed by atoms with Crippen LogP contribution < -0.4 is 0 Å². The van der Waals surface area contributed by atoms with Gasteiger partial charge in [-0.1, -0.05) is 38.8 Å². The second kappa shape index (κ2) is 12.3. The molecule has 8 nitrogen and oxygen atoms in total. The van der Waals surface area contributed by atoms with Crippen LogP contribution in [-0.2, 0) is 19.1 Å². The number of aromatic nitrogens is 1. The lowest BCUT2D eigenvalue weighted by Crippen LogP contribution is -2.46. The van der Waals surface area contributed by atoms with Gasteiger partial charge in [-0.2, -0.15) is 0 Å².